The Balaban J connectivity index is 1.61. The second-order valence-corrected chi connectivity index (χ2v) is 16.2. The highest BCUT2D eigenvalue weighted by Crippen LogP contribution is 2.24. The smallest absolute Gasteiger partial charge is 0.312 e. The molecule has 2 heterocycles. The Bertz CT molecular complexity index is 1780. The topological polar surface area (TPSA) is 235 Å². The van der Waals surface area contributed by atoms with Crippen LogP contribution in [0.25, 0.3) is 10.9 Å². The van der Waals surface area contributed by atoms with E-state index in [0.29, 0.717) is 58.3 Å². The molecule has 0 bridgehead atoms. The van der Waals surface area contributed by atoms with Crippen LogP contribution in [0.2, 0.25) is 0 Å². The Morgan fingerprint density at radius 3 is 2.29 bits per heavy atom. The number of nitrogens with one attached hydrogen (secondary N) is 3. The van der Waals surface area contributed by atoms with Crippen LogP contribution in [0.3, 0.4) is 0 Å². The Kier molecular flexibility index (Phi) is 22.6. The molecule has 18 heteroatoms. The number of carboxylic acid groups (broad SMARTS) is 1. The summed E-state index contributed by atoms with van der Waals surface area (Å²) in [5.41, 5.74) is 10.4. The quantitative estimate of drug-likeness (QED) is 0.0564. The number of fused-ring (bicyclic) bond motifs is 1. The van der Waals surface area contributed by atoms with E-state index in [1.165, 1.54) is 0 Å². The maximum absolute atomic E-state index is 13.9. The zero-order valence-electron chi connectivity index (χ0n) is 37.3. The summed E-state index contributed by atoms with van der Waals surface area (Å²) in [5.74, 6) is -2.89. The number of amides is 5. The number of hydrazine groups is 1. The fraction of sp³-hybridized carbons (Fsp3) is 0.659. The van der Waals surface area contributed by atoms with Gasteiger partial charge in [-0.05, 0) is 56.2 Å². The summed E-state index contributed by atoms with van der Waals surface area (Å²) < 4.78 is 13.2. The SMILES string of the molecule is CCC(=O)[C@H](CCCNC(N)=O)NC(=O)[C@@H](CC(=O)CCC(=O)N(CCOCCOCCC(=O)O)C1CCN(C(=O)CCn2c(CN(C)NC)cc3ccccc32)CC1)C(C)C. The lowest BCUT2D eigenvalue weighted by atomic mass is 9.88. The molecule has 1 aromatic heterocycles. The Morgan fingerprint density at radius 1 is 0.952 bits per heavy atom. The van der Waals surface area contributed by atoms with Crippen molar-refractivity contribution in [3.63, 3.8) is 0 Å². The van der Waals surface area contributed by atoms with Gasteiger partial charge in [0, 0.05) is 95.0 Å². The number of carboxylic acids is 1. The Morgan fingerprint density at radius 2 is 1.65 bits per heavy atom. The summed E-state index contributed by atoms with van der Waals surface area (Å²) in [5, 5.41) is 17.2. The van der Waals surface area contributed by atoms with Crippen molar-refractivity contribution in [3.8, 4) is 0 Å². The number of hydrogen-bond acceptors (Lipinski definition) is 11. The molecule has 2 atom stereocenters. The number of ether oxygens (including phenoxy) is 2. The molecule has 1 aliphatic heterocycles. The Hall–Kier alpha value is -4.91. The number of hydrogen-bond donors (Lipinski definition) is 5. The van der Waals surface area contributed by atoms with Crippen LogP contribution in [-0.2, 0) is 51.3 Å². The third-order valence-corrected chi connectivity index (χ3v) is 11.3. The molecule has 0 aliphatic carbocycles. The molecule has 0 spiro atoms. The average Bonchev–Trinajstić information content (AvgIpc) is 3.59. The van der Waals surface area contributed by atoms with Gasteiger partial charge in [-0.2, -0.15) is 0 Å². The lowest BCUT2D eigenvalue weighted by Gasteiger charge is -2.39. The van der Waals surface area contributed by atoms with Crippen molar-refractivity contribution in [2.45, 2.75) is 110 Å². The molecule has 1 aliphatic rings. The van der Waals surface area contributed by atoms with E-state index in [9.17, 15) is 33.6 Å². The van der Waals surface area contributed by atoms with Gasteiger partial charge < -0.3 is 45.3 Å². The number of likely N-dealkylation sites (tertiary alicyclic amines) is 1. The van der Waals surface area contributed by atoms with E-state index >= 15 is 0 Å². The van der Waals surface area contributed by atoms with Crippen LogP contribution in [0.4, 0.5) is 4.79 Å². The number of urea groups is 1. The molecule has 0 unspecified atom stereocenters. The Labute approximate surface area is 365 Å². The zero-order valence-corrected chi connectivity index (χ0v) is 37.3. The van der Waals surface area contributed by atoms with Crippen molar-refractivity contribution in [1.29, 1.82) is 0 Å². The molecular weight excluding hydrogens is 801 g/mol. The van der Waals surface area contributed by atoms with Crippen LogP contribution in [0, 0.1) is 11.8 Å². The molecule has 1 fully saturated rings. The third-order valence-electron chi connectivity index (χ3n) is 11.3. The standard InChI is InChI=1S/C44H70N8O10/c1-6-39(54)37(11-9-19-47-44(45)60)48-43(59)36(31(2)3)29-35(53)13-14-41(56)52(23-25-62-27-26-61-24-18-42(57)58)33-15-20-50(21-16-33)40(55)17-22-51-34(30-49(5)46-4)28-32-10-7-8-12-38(32)51/h7-8,10,12,28,31,33,36-37,46H,6,9,11,13-27,29-30H2,1-5H3,(H,48,59)(H,57,58)(H3,45,47,60)/t36-,37-/m0/s1. The van der Waals surface area contributed by atoms with Crippen LogP contribution < -0.4 is 21.8 Å². The molecule has 1 aromatic carbocycles. The van der Waals surface area contributed by atoms with E-state index in [1.54, 1.807) is 11.8 Å². The summed E-state index contributed by atoms with van der Waals surface area (Å²) >= 11 is 0. The molecule has 2 aromatic rings. The van der Waals surface area contributed by atoms with E-state index in [1.807, 2.05) is 50.0 Å². The van der Waals surface area contributed by atoms with Crippen LogP contribution >= 0.6 is 0 Å². The monoisotopic (exact) mass is 871 g/mol. The van der Waals surface area contributed by atoms with Crippen LogP contribution in [-0.4, -0.2) is 145 Å². The minimum absolute atomic E-state index is 0.0399. The highest BCUT2D eigenvalue weighted by molar-refractivity contribution is 5.92. The molecule has 346 valence electrons. The van der Waals surface area contributed by atoms with Crippen molar-refractivity contribution in [2.75, 3.05) is 66.7 Å². The van der Waals surface area contributed by atoms with Crippen molar-refractivity contribution in [1.82, 2.24) is 35.4 Å². The van der Waals surface area contributed by atoms with Crippen LogP contribution in [0.1, 0.15) is 90.7 Å². The van der Waals surface area contributed by atoms with Gasteiger partial charge in [0.05, 0.1) is 45.4 Å². The number of Topliss-reactive ketones (excluding diaryl/α,β-unsaturated/α-hetero) is 2. The van der Waals surface area contributed by atoms with Gasteiger partial charge in [0.15, 0.2) is 5.78 Å². The fourth-order valence-electron chi connectivity index (χ4n) is 7.66. The van der Waals surface area contributed by atoms with Crippen molar-refractivity contribution in [2.24, 2.45) is 17.6 Å². The first-order valence-corrected chi connectivity index (χ1v) is 21.9. The number of para-hydroxylation sites is 1. The first kappa shape index (κ1) is 51.4. The van der Waals surface area contributed by atoms with Gasteiger partial charge in [-0.25, -0.2) is 9.80 Å². The number of aromatic nitrogens is 1. The van der Waals surface area contributed by atoms with Crippen molar-refractivity contribution >= 4 is 52.2 Å². The van der Waals surface area contributed by atoms with Gasteiger partial charge in [-0.15, -0.1) is 0 Å². The predicted molar refractivity (Wildman–Crippen MR) is 234 cm³/mol. The third kappa shape index (κ3) is 17.5. The van der Waals surface area contributed by atoms with Gasteiger partial charge in [-0.1, -0.05) is 39.0 Å². The van der Waals surface area contributed by atoms with Gasteiger partial charge in [0.2, 0.25) is 17.7 Å². The highest BCUT2D eigenvalue weighted by Gasteiger charge is 2.32. The molecule has 5 amide bonds. The first-order valence-electron chi connectivity index (χ1n) is 21.9. The number of carbonyl (C=O) groups excluding carboxylic acids is 6. The summed E-state index contributed by atoms with van der Waals surface area (Å²) in [4.78, 5) is 92.3. The summed E-state index contributed by atoms with van der Waals surface area (Å²) in [6, 6.07) is 8.65. The largest absolute Gasteiger partial charge is 0.481 e. The number of ketones is 2. The number of aryl methyl sites for hydroxylation is 1. The number of nitrogens with zero attached hydrogens (tertiary/aromatic N) is 4. The van der Waals surface area contributed by atoms with E-state index in [0.717, 1.165) is 16.6 Å². The fourth-order valence-corrected chi connectivity index (χ4v) is 7.66. The van der Waals surface area contributed by atoms with Gasteiger partial charge in [-0.3, -0.25) is 34.2 Å². The van der Waals surface area contributed by atoms with Crippen LogP contribution in [0.5, 0.6) is 0 Å². The molecule has 6 N–H and O–H groups in total. The molecule has 3 rings (SSSR count). The molecule has 1 saturated heterocycles. The summed E-state index contributed by atoms with van der Waals surface area (Å²) in [6.07, 6.45) is 2.03. The number of piperidine rings is 1. The number of rotatable bonds is 30. The summed E-state index contributed by atoms with van der Waals surface area (Å²) in [6.45, 7) is 8.69. The van der Waals surface area contributed by atoms with Gasteiger partial charge in [0.1, 0.15) is 5.78 Å². The number of primary amides is 1. The number of carbonyl (C=O) groups is 7. The predicted octanol–water partition coefficient (Wildman–Crippen LogP) is 2.85. The number of nitrogens with two attached hydrogens (primary N) is 1. The maximum Gasteiger partial charge on any atom is 0.312 e. The molecule has 62 heavy (non-hydrogen) atoms. The van der Waals surface area contributed by atoms with Gasteiger partial charge in [0.25, 0.3) is 0 Å². The first-order chi connectivity index (χ1) is 29.6. The lowest BCUT2D eigenvalue weighted by Crippen LogP contribution is -2.50. The highest BCUT2D eigenvalue weighted by atomic mass is 16.5. The van der Waals surface area contributed by atoms with E-state index in [2.05, 4.69) is 38.8 Å². The number of benzene rings is 1. The van der Waals surface area contributed by atoms with Crippen molar-refractivity contribution < 1.29 is 48.1 Å². The molecule has 0 radical (unpaired) electrons. The average molecular weight is 871 g/mol. The van der Waals surface area contributed by atoms with Gasteiger partial charge >= 0.3 is 12.0 Å². The molecule has 18 nitrogen and oxygen atoms in total. The molecule has 0 saturated carbocycles. The summed E-state index contributed by atoms with van der Waals surface area (Å²) in [7, 11) is 3.83. The maximum atomic E-state index is 13.9. The second-order valence-electron chi connectivity index (χ2n) is 16.2. The van der Waals surface area contributed by atoms with Crippen LogP contribution in [0.15, 0.2) is 30.3 Å². The minimum Gasteiger partial charge on any atom is -0.481 e. The van der Waals surface area contributed by atoms with E-state index in [4.69, 9.17) is 20.3 Å². The van der Waals surface area contributed by atoms with Crippen molar-refractivity contribution in [3.05, 3.63) is 36.0 Å². The zero-order chi connectivity index (χ0) is 45.6. The van der Waals surface area contributed by atoms with E-state index < -0.39 is 29.9 Å². The second kappa shape index (κ2) is 27.2. The minimum atomic E-state index is -0.952. The van der Waals surface area contributed by atoms with E-state index in [-0.39, 0.29) is 107 Å². The number of aliphatic carboxylic acids is 1. The lowest BCUT2D eigenvalue weighted by molar-refractivity contribution is -0.139. The molecular formula is C44H70N8O10. The normalized spacial score (nSPS) is 14.2.